The van der Waals surface area contributed by atoms with E-state index in [2.05, 4.69) is 6.07 Å². The molecule has 0 aromatic heterocycles. The number of hydrogen-bond acceptors (Lipinski definition) is 6. The number of likely N-dealkylation sites (tertiary alicyclic amines) is 1. The number of nitrogens with zero attached hydrogens (tertiary/aromatic N) is 1. The van der Waals surface area contributed by atoms with E-state index < -0.39 is 29.8 Å². The average molecular weight is 538 g/mol. The van der Waals surface area contributed by atoms with Crippen LogP contribution in [0, 0.1) is 5.92 Å². The van der Waals surface area contributed by atoms with Gasteiger partial charge in [-0.1, -0.05) is 18.0 Å². The molecule has 1 amide bonds. The summed E-state index contributed by atoms with van der Waals surface area (Å²) in [5.74, 6) is 0.271. The van der Waals surface area contributed by atoms with Gasteiger partial charge in [0.2, 0.25) is 5.78 Å². The number of ether oxygens (including phenoxy) is 3. The van der Waals surface area contributed by atoms with Crippen molar-refractivity contribution < 1.29 is 28.6 Å². The van der Waals surface area contributed by atoms with Gasteiger partial charge < -0.3 is 14.2 Å². The van der Waals surface area contributed by atoms with Crippen molar-refractivity contribution >= 4 is 29.4 Å². The van der Waals surface area contributed by atoms with Crippen molar-refractivity contribution in [1.29, 1.82) is 0 Å². The lowest BCUT2D eigenvalue weighted by molar-refractivity contribution is -0.153. The predicted molar refractivity (Wildman–Crippen MR) is 141 cm³/mol. The Morgan fingerprint density at radius 1 is 1.03 bits per heavy atom. The average Bonchev–Trinajstić information content (AvgIpc) is 3.45. The van der Waals surface area contributed by atoms with Crippen molar-refractivity contribution in [2.75, 3.05) is 0 Å². The van der Waals surface area contributed by atoms with Crippen LogP contribution >= 0.6 is 11.6 Å². The number of carbonyl (C=O) groups excluding carboxylic acids is 3. The van der Waals surface area contributed by atoms with Crippen LogP contribution in [-0.4, -0.2) is 46.5 Å². The van der Waals surface area contributed by atoms with E-state index in [0.29, 0.717) is 36.5 Å². The molecule has 0 bridgehead atoms. The lowest BCUT2D eigenvalue weighted by atomic mass is 9.83. The van der Waals surface area contributed by atoms with Gasteiger partial charge >= 0.3 is 12.1 Å². The molecule has 2 aromatic carbocycles. The first kappa shape index (κ1) is 25.2. The van der Waals surface area contributed by atoms with Gasteiger partial charge in [-0.2, -0.15) is 0 Å². The maximum absolute atomic E-state index is 13.5. The third kappa shape index (κ3) is 4.45. The number of carbonyl (C=O) groups is 3. The summed E-state index contributed by atoms with van der Waals surface area (Å²) < 4.78 is 17.4. The number of fused-ring (bicyclic) bond motifs is 5. The second-order valence-corrected chi connectivity index (χ2v) is 12.3. The molecule has 0 N–H and O–H groups in total. The molecule has 8 heteroatoms. The standard InChI is InChI=1S/C30H32ClNO6/c1-30(2,3)38-29(35)32-23-6-4-5-17(23)13-24(32)28(34)37-25-10-7-16-11-21-18(12-22(16)27(25)33)15-36-26-14-19(31)8-9-20(21)26/h8-9,11-12,14,17,23-25H,4-7,10,13,15H2,1-3H3/t17-,23-,24?,25?/m0/s1. The number of hydrogen-bond donors (Lipinski definition) is 0. The number of ketones is 1. The van der Waals surface area contributed by atoms with Crippen LogP contribution in [0.5, 0.6) is 5.75 Å². The SMILES string of the molecule is CC(C)(C)OC(=O)N1C(C(=O)OC2CCc3cc4c(cc3C2=O)COc2cc(Cl)ccc2-4)C[C@@H]2CCC[C@@H]21. The molecule has 2 aromatic rings. The summed E-state index contributed by atoms with van der Waals surface area (Å²) in [5.41, 5.74) is 3.75. The summed E-state index contributed by atoms with van der Waals surface area (Å²) in [5, 5.41) is 0.612. The van der Waals surface area contributed by atoms with Gasteiger partial charge in [0.25, 0.3) is 0 Å². The van der Waals surface area contributed by atoms with E-state index in [1.165, 1.54) is 0 Å². The van der Waals surface area contributed by atoms with Gasteiger partial charge in [-0.15, -0.1) is 0 Å². The highest BCUT2D eigenvalue weighted by molar-refractivity contribution is 6.30. The second kappa shape index (κ2) is 9.30. The number of Topliss-reactive ketones (excluding diaryl/α,β-unsaturated/α-hetero) is 1. The molecule has 2 aliphatic carbocycles. The molecule has 4 atom stereocenters. The molecule has 0 spiro atoms. The molecule has 38 heavy (non-hydrogen) atoms. The molecule has 4 aliphatic rings. The molecular weight excluding hydrogens is 506 g/mol. The van der Waals surface area contributed by atoms with E-state index in [1.54, 1.807) is 11.0 Å². The fourth-order valence-corrected chi connectivity index (χ4v) is 6.65. The Hall–Kier alpha value is -3.06. The maximum atomic E-state index is 13.5. The molecule has 2 unspecified atom stereocenters. The normalized spacial score (nSPS) is 25.6. The van der Waals surface area contributed by atoms with Gasteiger partial charge in [0.15, 0.2) is 6.10 Å². The molecule has 200 valence electrons. The summed E-state index contributed by atoms with van der Waals surface area (Å²) in [6, 6.07) is 8.75. The fourth-order valence-electron chi connectivity index (χ4n) is 6.49. The largest absolute Gasteiger partial charge is 0.488 e. The molecule has 7 nitrogen and oxygen atoms in total. The smallest absolute Gasteiger partial charge is 0.411 e. The van der Waals surface area contributed by atoms with E-state index >= 15 is 0 Å². The molecule has 1 saturated heterocycles. The number of amides is 1. The molecule has 2 aliphatic heterocycles. The first-order chi connectivity index (χ1) is 18.1. The third-order valence-corrected chi connectivity index (χ3v) is 8.39. The van der Waals surface area contributed by atoms with Crippen molar-refractivity contribution in [3.8, 4) is 16.9 Å². The van der Waals surface area contributed by atoms with Crippen molar-refractivity contribution in [3.05, 3.63) is 52.0 Å². The number of halogens is 1. The number of esters is 1. The van der Waals surface area contributed by atoms with Crippen LogP contribution in [0.25, 0.3) is 11.1 Å². The van der Waals surface area contributed by atoms with E-state index in [4.69, 9.17) is 25.8 Å². The lowest BCUT2D eigenvalue weighted by Gasteiger charge is -2.32. The molecule has 1 saturated carbocycles. The Morgan fingerprint density at radius 2 is 1.82 bits per heavy atom. The zero-order valence-electron chi connectivity index (χ0n) is 21.9. The zero-order valence-corrected chi connectivity index (χ0v) is 22.7. The van der Waals surface area contributed by atoms with Gasteiger partial charge in [0.1, 0.15) is 24.0 Å². The maximum Gasteiger partial charge on any atom is 0.411 e. The van der Waals surface area contributed by atoms with E-state index in [-0.39, 0.29) is 17.7 Å². The van der Waals surface area contributed by atoms with Crippen molar-refractivity contribution in [2.24, 2.45) is 5.92 Å². The lowest BCUT2D eigenvalue weighted by Crippen LogP contribution is -2.49. The summed E-state index contributed by atoms with van der Waals surface area (Å²) >= 11 is 6.13. The second-order valence-electron chi connectivity index (χ2n) is 11.8. The Labute approximate surface area is 227 Å². The van der Waals surface area contributed by atoms with Gasteiger partial charge in [-0.05, 0) is 106 Å². The van der Waals surface area contributed by atoms with Gasteiger partial charge in [-0.3, -0.25) is 9.69 Å². The minimum absolute atomic E-state index is 0.0190. The van der Waals surface area contributed by atoms with Crippen molar-refractivity contribution in [3.63, 3.8) is 0 Å². The molecule has 2 fully saturated rings. The van der Waals surface area contributed by atoms with Crippen LogP contribution in [0.15, 0.2) is 30.3 Å². The molecular formula is C30H32ClNO6. The van der Waals surface area contributed by atoms with Gasteiger partial charge in [0, 0.05) is 22.2 Å². The Bertz CT molecular complexity index is 1330. The highest BCUT2D eigenvalue weighted by atomic mass is 35.5. The molecule has 0 radical (unpaired) electrons. The summed E-state index contributed by atoms with van der Waals surface area (Å²) in [6.45, 7) is 5.78. The van der Waals surface area contributed by atoms with Crippen LogP contribution in [0.4, 0.5) is 4.79 Å². The number of rotatable bonds is 2. The quantitative estimate of drug-likeness (QED) is 0.429. The first-order valence-electron chi connectivity index (χ1n) is 13.4. The number of aryl methyl sites for hydroxylation is 1. The molecule has 6 rings (SSSR count). The fraction of sp³-hybridized carbons (Fsp3) is 0.500. The van der Waals surface area contributed by atoms with Crippen LogP contribution in [0.1, 0.15) is 74.4 Å². The van der Waals surface area contributed by atoms with Crippen LogP contribution in [0.2, 0.25) is 5.02 Å². The number of benzene rings is 2. The van der Waals surface area contributed by atoms with E-state index in [0.717, 1.165) is 47.3 Å². The van der Waals surface area contributed by atoms with Crippen LogP contribution in [0.3, 0.4) is 0 Å². The zero-order chi connectivity index (χ0) is 26.8. The summed E-state index contributed by atoms with van der Waals surface area (Å²) in [6.07, 6.45) is 3.08. The minimum Gasteiger partial charge on any atom is -0.488 e. The van der Waals surface area contributed by atoms with Crippen LogP contribution in [-0.2, 0) is 27.3 Å². The summed E-state index contributed by atoms with van der Waals surface area (Å²) in [7, 11) is 0. The van der Waals surface area contributed by atoms with Crippen molar-refractivity contribution in [1.82, 2.24) is 4.90 Å². The topological polar surface area (TPSA) is 82.1 Å². The monoisotopic (exact) mass is 537 g/mol. The Balaban J connectivity index is 1.21. The Morgan fingerprint density at radius 3 is 2.61 bits per heavy atom. The van der Waals surface area contributed by atoms with Crippen molar-refractivity contribution in [2.45, 2.75) is 89.7 Å². The van der Waals surface area contributed by atoms with E-state index in [1.807, 2.05) is 39.0 Å². The third-order valence-electron chi connectivity index (χ3n) is 8.15. The van der Waals surface area contributed by atoms with Gasteiger partial charge in [0.05, 0.1) is 0 Å². The summed E-state index contributed by atoms with van der Waals surface area (Å²) in [4.78, 5) is 41.6. The van der Waals surface area contributed by atoms with Crippen LogP contribution < -0.4 is 4.74 Å². The van der Waals surface area contributed by atoms with E-state index in [9.17, 15) is 14.4 Å². The molecule has 2 heterocycles. The minimum atomic E-state index is -0.871. The highest BCUT2D eigenvalue weighted by Gasteiger charge is 2.51. The first-order valence-corrected chi connectivity index (χ1v) is 13.8. The Kier molecular flexibility index (Phi) is 6.17. The highest BCUT2D eigenvalue weighted by Crippen LogP contribution is 2.44. The predicted octanol–water partition coefficient (Wildman–Crippen LogP) is 6.12. The van der Waals surface area contributed by atoms with Gasteiger partial charge in [-0.25, -0.2) is 9.59 Å².